The fourth-order valence-electron chi connectivity index (χ4n) is 3.91. The zero-order valence-electron chi connectivity index (χ0n) is 18.2. The van der Waals surface area contributed by atoms with Gasteiger partial charge in [-0.1, -0.05) is 12.5 Å². The molecule has 1 fully saturated rings. The van der Waals surface area contributed by atoms with Crippen molar-refractivity contribution in [3.63, 3.8) is 0 Å². The molecule has 0 amide bonds. The Kier molecular flexibility index (Phi) is 7.57. The van der Waals surface area contributed by atoms with Gasteiger partial charge in [-0.15, -0.1) is 0 Å². The van der Waals surface area contributed by atoms with Crippen molar-refractivity contribution in [2.75, 3.05) is 34.4 Å². The highest BCUT2D eigenvalue weighted by molar-refractivity contribution is 5.71. The summed E-state index contributed by atoms with van der Waals surface area (Å²) < 4.78 is 21.6. The van der Waals surface area contributed by atoms with Crippen LogP contribution in [-0.4, -0.2) is 50.4 Å². The Morgan fingerprint density at radius 3 is 2.52 bits per heavy atom. The van der Waals surface area contributed by atoms with Crippen LogP contribution in [0.4, 0.5) is 0 Å². The van der Waals surface area contributed by atoms with Gasteiger partial charge in [0.25, 0.3) is 0 Å². The molecule has 1 saturated heterocycles. The van der Waals surface area contributed by atoms with Gasteiger partial charge in [-0.05, 0) is 32.0 Å². The van der Waals surface area contributed by atoms with Gasteiger partial charge in [-0.2, -0.15) is 0 Å². The van der Waals surface area contributed by atoms with Crippen LogP contribution >= 0.6 is 0 Å². The summed E-state index contributed by atoms with van der Waals surface area (Å²) in [6, 6.07) is 6.43. The molecule has 1 aromatic carbocycles. The van der Waals surface area contributed by atoms with Crippen LogP contribution in [0.25, 0.3) is 0 Å². The lowest BCUT2D eigenvalue weighted by atomic mass is 9.91. The van der Waals surface area contributed by atoms with E-state index in [1.54, 1.807) is 18.2 Å². The summed E-state index contributed by atoms with van der Waals surface area (Å²) in [5.74, 6) is -0.322. The van der Waals surface area contributed by atoms with Gasteiger partial charge in [-0.3, -0.25) is 14.5 Å². The van der Waals surface area contributed by atoms with E-state index in [0.717, 1.165) is 25.9 Å². The Morgan fingerprint density at radius 2 is 1.87 bits per heavy atom. The first-order chi connectivity index (χ1) is 15.0. The third-order valence-electron chi connectivity index (χ3n) is 5.56. The molecule has 168 valence electrons. The number of piperidine rings is 1. The molecule has 8 nitrogen and oxygen atoms in total. The van der Waals surface area contributed by atoms with Crippen LogP contribution < -0.4 is 14.9 Å². The topological polar surface area (TPSA) is 98.4 Å². The highest BCUT2D eigenvalue weighted by Gasteiger charge is 2.29. The summed E-state index contributed by atoms with van der Waals surface area (Å²) >= 11 is 0. The summed E-state index contributed by atoms with van der Waals surface area (Å²) in [5, 5.41) is 10.6. The lowest BCUT2D eigenvalue weighted by Gasteiger charge is -2.26. The third-order valence-corrected chi connectivity index (χ3v) is 5.56. The van der Waals surface area contributed by atoms with Crippen molar-refractivity contribution >= 4 is 5.97 Å². The molecular formula is C23H29NO7. The van der Waals surface area contributed by atoms with E-state index < -0.39 is 23.1 Å². The normalized spacial score (nSPS) is 15.3. The second kappa shape index (κ2) is 10.3. The molecule has 8 heteroatoms. The Balaban J connectivity index is 2.06. The Bertz CT molecular complexity index is 963. The number of carbonyl (C=O) groups excluding carboxylic acids is 1. The Hall–Kier alpha value is -3.00. The van der Waals surface area contributed by atoms with Gasteiger partial charge in [-0.25, -0.2) is 0 Å². The first kappa shape index (κ1) is 22.7. The molecule has 0 aliphatic carbocycles. The van der Waals surface area contributed by atoms with Crippen molar-refractivity contribution in [2.45, 2.75) is 38.1 Å². The van der Waals surface area contributed by atoms with Crippen molar-refractivity contribution in [3.05, 3.63) is 51.6 Å². The maximum atomic E-state index is 12.6. The Morgan fingerprint density at radius 1 is 1.13 bits per heavy atom. The summed E-state index contributed by atoms with van der Waals surface area (Å²) in [6.07, 6.45) is 3.26. The molecule has 1 aromatic heterocycles. The number of rotatable bonds is 8. The molecule has 3 rings (SSSR count). The second-order valence-electron chi connectivity index (χ2n) is 7.57. The first-order valence-electron chi connectivity index (χ1n) is 10.3. The predicted octanol–water partition coefficient (Wildman–Crippen LogP) is 3.04. The van der Waals surface area contributed by atoms with Crippen LogP contribution in [0.2, 0.25) is 0 Å². The average molecular weight is 431 g/mol. The number of nitrogens with zero attached hydrogens (tertiary/aromatic N) is 1. The molecule has 0 radical (unpaired) electrons. The number of benzene rings is 1. The van der Waals surface area contributed by atoms with E-state index in [1.807, 2.05) is 0 Å². The van der Waals surface area contributed by atoms with E-state index >= 15 is 0 Å². The van der Waals surface area contributed by atoms with Crippen molar-refractivity contribution in [2.24, 2.45) is 0 Å². The van der Waals surface area contributed by atoms with Gasteiger partial charge in [0, 0.05) is 17.7 Å². The molecule has 1 N–H and O–H groups in total. The zero-order valence-corrected chi connectivity index (χ0v) is 18.2. The van der Waals surface area contributed by atoms with Crippen molar-refractivity contribution in [1.29, 1.82) is 0 Å². The lowest BCUT2D eigenvalue weighted by molar-refractivity contribution is -0.140. The number of hydrogen-bond acceptors (Lipinski definition) is 8. The number of esters is 1. The fraction of sp³-hybridized carbons (Fsp3) is 0.478. The maximum Gasteiger partial charge on any atom is 0.306 e. The summed E-state index contributed by atoms with van der Waals surface area (Å²) in [7, 11) is 4.32. The van der Waals surface area contributed by atoms with Crippen LogP contribution in [0, 0.1) is 0 Å². The van der Waals surface area contributed by atoms with Gasteiger partial charge >= 0.3 is 5.97 Å². The number of aromatic hydroxyl groups is 1. The number of carbonyl (C=O) groups is 1. The molecule has 0 unspecified atom stereocenters. The highest BCUT2D eigenvalue weighted by Crippen LogP contribution is 2.39. The van der Waals surface area contributed by atoms with Crippen molar-refractivity contribution < 1.29 is 28.5 Å². The molecule has 2 heterocycles. The minimum absolute atomic E-state index is 0.0216. The zero-order chi connectivity index (χ0) is 22.4. The molecule has 1 aliphatic heterocycles. The maximum absolute atomic E-state index is 12.6. The van der Waals surface area contributed by atoms with Gasteiger partial charge in [0.05, 0.1) is 40.2 Å². The van der Waals surface area contributed by atoms with E-state index in [4.69, 9.17) is 18.6 Å². The standard InChI is InChI=1S/C23H29NO7/c1-28-15-7-8-17(20(12-15)29-2)18(13-21(26)30-3)23-22(27)19(25)11-16(31-23)14-24-9-5-4-6-10-24/h7-8,11-12,18,27H,4-6,9-10,13-14H2,1-3H3/t18-/m1/s1. The smallest absolute Gasteiger partial charge is 0.306 e. The molecular weight excluding hydrogens is 402 g/mol. The number of ether oxygens (including phenoxy) is 3. The molecule has 1 aliphatic rings. The molecule has 0 spiro atoms. The quantitative estimate of drug-likeness (QED) is 0.637. The minimum Gasteiger partial charge on any atom is -0.502 e. The van der Waals surface area contributed by atoms with Crippen LogP contribution in [0.3, 0.4) is 0 Å². The molecule has 2 aromatic rings. The third kappa shape index (κ3) is 5.38. The van der Waals surface area contributed by atoms with Gasteiger partial charge in [0.2, 0.25) is 11.2 Å². The highest BCUT2D eigenvalue weighted by atomic mass is 16.5. The van der Waals surface area contributed by atoms with E-state index in [0.29, 0.717) is 29.4 Å². The van der Waals surface area contributed by atoms with Gasteiger partial charge in [0.15, 0.2) is 5.76 Å². The van der Waals surface area contributed by atoms with E-state index in [1.165, 1.54) is 33.8 Å². The van der Waals surface area contributed by atoms with Gasteiger partial charge in [0.1, 0.15) is 17.3 Å². The fourth-order valence-corrected chi connectivity index (χ4v) is 3.91. The van der Waals surface area contributed by atoms with Crippen LogP contribution in [0.5, 0.6) is 17.2 Å². The minimum atomic E-state index is -0.776. The Labute approximate surface area is 181 Å². The largest absolute Gasteiger partial charge is 0.502 e. The van der Waals surface area contributed by atoms with Crippen LogP contribution in [0.15, 0.2) is 33.5 Å². The molecule has 0 bridgehead atoms. The first-order valence-corrected chi connectivity index (χ1v) is 10.3. The van der Waals surface area contributed by atoms with E-state index in [-0.39, 0.29) is 12.2 Å². The van der Waals surface area contributed by atoms with Gasteiger partial charge < -0.3 is 23.7 Å². The summed E-state index contributed by atoms with van der Waals surface area (Å²) in [6.45, 7) is 2.32. The SMILES string of the molecule is COC(=O)C[C@H](c1ccc(OC)cc1OC)c1oc(CN2CCCCC2)cc(=O)c1O. The predicted molar refractivity (Wildman–Crippen MR) is 114 cm³/mol. The van der Waals surface area contributed by atoms with E-state index in [2.05, 4.69) is 4.90 Å². The van der Waals surface area contributed by atoms with Crippen LogP contribution in [-0.2, 0) is 16.1 Å². The molecule has 31 heavy (non-hydrogen) atoms. The monoisotopic (exact) mass is 431 g/mol. The average Bonchev–Trinajstić information content (AvgIpc) is 2.80. The van der Waals surface area contributed by atoms with Crippen molar-refractivity contribution in [1.82, 2.24) is 4.90 Å². The summed E-state index contributed by atoms with van der Waals surface area (Å²) in [5.41, 5.74) is 0.0258. The lowest BCUT2D eigenvalue weighted by Crippen LogP contribution is -2.29. The number of likely N-dealkylation sites (tertiary alicyclic amines) is 1. The van der Waals surface area contributed by atoms with Crippen molar-refractivity contribution in [3.8, 4) is 17.2 Å². The molecule has 0 saturated carbocycles. The number of methoxy groups -OCH3 is 3. The molecule has 1 atom stereocenters. The van der Waals surface area contributed by atoms with E-state index in [9.17, 15) is 14.7 Å². The second-order valence-corrected chi connectivity index (χ2v) is 7.57. The summed E-state index contributed by atoms with van der Waals surface area (Å²) in [4.78, 5) is 27.0. The van der Waals surface area contributed by atoms with Crippen LogP contribution in [0.1, 0.15) is 48.7 Å². The number of hydrogen-bond donors (Lipinski definition) is 1.